The number of nitrogens with zero attached hydrogens (tertiary/aromatic N) is 4. The summed E-state index contributed by atoms with van der Waals surface area (Å²) in [6, 6.07) is 13.7. The summed E-state index contributed by atoms with van der Waals surface area (Å²) in [4.78, 5) is 12.1. The summed E-state index contributed by atoms with van der Waals surface area (Å²) in [5.41, 5.74) is 1.40. The van der Waals surface area contributed by atoms with Gasteiger partial charge in [0.05, 0.1) is 16.9 Å². The fourth-order valence-corrected chi connectivity index (χ4v) is 2.94. The number of carbonyl (C=O) groups is 1. The first-order chi connectivity index (χ1) is 12.0. The molecule has 1 aromatic heterocycles. The molecule has 2 aromatic carbocycles. The Morgan fingerprint density at radius 2 is 1.96 bits per heavy atom. The number of benzene rings is 2. The third-order valence-corrected chi connectivity index (χ3v) is 4.50. The van der Waals surface area contributed by atoms with Crippen LogP contribution in [0, 0.1) is 0 Å². The lowest BCUT2D eigenvalue weighted by molar-refractivity contribution is 0.101. The molecule has 0 bridgehead atoms. The maximum atomic E-state index is 11.7. The highest BCUT2D eigenvalue weighted by atomic mass is 35.5. The molecule has 0 aliphatic rings. The van der Waals surface area contributed by atoms with Crippen molar-refractivity contribution in [2.24, 2.45) is 10.2 Å². The van der Waals surface area contributed by atoms with E-state index in [-0.39, 0.29) is 11.5 Å². The van der Waals surface area contributed by atoms with E-state index in [0.717, 1.165) is 16.9 Å². The third-order valence-electron chi connectivity index (χ3n) is 3.18. The second-order valence-corrected chi connectivity index (χ2v) is 6.41. The molecule has 1 heterocycles. The van der Waals surface area contributed by atoms with Crippen molar-refractivity contribution in [1.82, 2.24) is 9.78 Å². The Morgan fingerprint density at radius 3 is 2.64 bits per heavy atom. The smallest absolute Gasteiger partial charge is 0.233 e. The molecular weight excluding hydrogens is 360 g/mol. The number of aromatic nitrogens is 2. The van der Waals surface area contributed by atoms with Crippen molar-refractivity contribution in [2.75, 3.05) is 0 Å². The molecule has 0 amide bonds. The predicted octanol–water partition coefficient (Wildman–Crippen LogP) is 3.43. The van der Waals surface area contributed by atoms with E-state index in [4.69, 9.17) is 11.6 Å². The molecule has 0 fully saturated rings. The van der Waals surface area contributed by atoms with Crippen molar-refractivity contribution in [3.63, 3.8) is 0 Å². The van der Waals surface area contributed by atoms with Crippen LogP contribution in [0.1, 0.15) is 22.3 Å². The van der Waals surface area contributed by atoms with E-state index in [1.54, 1.807) is 42.6 Å². The molecule has 1 N–H and O–H groups in total. The van der Waals surface area contributed by atoms with Crippen LogP contribution in [0.15, 0.2) is 58.7 Å². The molecule has 0 spiro atoms. The fraction of sp³-hybridized carbons (Fsp3) is 0.0588. The first kappa shape index (κ1) is 17.1. The minimum atomic E-state index is -0.158. The number of hydrogen-bond acceptors (Lipinski definition) is 6. The third kappa shape index (κ3) is 4.01. The molecule has 3 aromatic rings. The number of aromatic hydroxyl groups is 1. The number of phenolic OH excluding ortho intramolecular Hbond substituents is 1. The van der Waals surface area contributed by atoms with Crippen molar-refractivity contribution in [1.29, 1.82) is 0 Å². The predicted molar refractivity (Wildman–Crippen MR) is 97.7 cm³/mol. The van der Waals surface area contributed by atoms with Gasteiger partial charge in [0, 0.05) is 6.92 Å². The maximum absolute atomic E-state index is 11.7. The minimum Gasteiger partial charge on any atom is -0.508 e. The average molecular weight is 373 g/mol. The molecule has 0 saturated carbocycles. The summed E-state index contributed by atoms with van der Waals surface area (Å²) in [5, 5.41) is 22.6. The zero-order chi connectivity index (χ0) is 17.8. The lowest BCUT2D eigenvalue weighted by Gasteiger charge is -2.02. The second-order valence-electron chi connectivity index (χ2n) is 5.05. The summed E-state index contributed by atoms with van der Waals surface area (Å²) in [7, 11) is 0. The molecule has 0 atom stereocenters. The summed E-state index contributed by atoms with van der Waals surface area (Å²) in [5.74, 6) is 0.0222. The van der Waals surface area contributed by atoms with Crippen LogP contribution in [0.25, 0.3) is 5.69 Å². The number of ketones is 1. The van der Waals surface area contributed by atoms with E-state index < -0.39 is 0 Å². The fourth-order valence-electron chi connectivity index (χ4n) is 1.97. The van der Waals surface area contributed by atoms with Crippen LogP contribution in [0.2, 0.25) is 5.02 Å². The molecule has 25 heavy (non-hydrogen) atoms. The standard InChI is InChI=1S/C17H13ClN4O2S/c1-11(23)16-21-22(15-5-3-2-4-14(15)18)17(25-16)20-19-10-12-6-8-13(24)9-7-12/h2-10,24H,1H3/b19-10+,20-17-. The summed E-state index contributed by atoms with van der Waals surface area (Å²) in [6.07, 6.45) is 1.55. The van der Waals surface area contributed by atoms with Crippen LogP contribution in [-0.2, 0) is 0 Å². The van der Waals surface area contributed by atoms with Crippen molar-refractivity contribution in [3.05, 3.63) is 68.9 Å². The number of rotatable bonds is 4. The molecule has 0 radical (unpaired) electrons. The number of para-hydroxylation sites is 1. The second kappa shape index (κ2) is 7.42. The molecule has 0 unspecified atom stereocenters. The number of hydrogen-bond donors (Lipinski definition) is 1. The van der Waals surface area contributed by atoms with Gasteiger partial charge in [-0.25, -0.2) is 4.68 Å². The van der Waals surface area contributed by atoms with Crippen LogP contribution in [0.4, 0.5) is 0 Å². The van der Waals surface area contributed by atoms with Gasteiger partial charge in [0.2, 0.25) is 4.80 Å². The first-order valence-electron chi connectivity index (χ1n) is 7.26. The van der Waals surface area contributed by atoms with Gasteiger partial charge in [0.25, 0.3) is 0 Å². The monoisotopic (exact) mass is 372 g/mol. The van der Waals surface area contributed by atoms with E-state index in [2.05, 4.69) is 15.3 Å². The molecule has 0 saturated heterocycles. The highest BCUT2D eigenvalue weighted by molar-refractivity contribution is 7.11. The highest BCUT2D eigenvalue weighted by Crippen LogP contribution is 2.18. The molecule has 0 aliphatic carbocycles. The lowest BCUT2D eigenvalue weighted by Crippen LogP contribution is -2.14. The quantitative estimate of drug-likeness (QED) is 0.433. The zero-order valence-corrected chi connectivity index (χ0v) is 14.7. The van der Waals surface area contributed by atoms with Crippen LogP contribution < -0.4 is 4.80 Å². The molecular formula is C17H13ClN4O2S. The van der Waals surface area contributed by atoms with E-state index in [1.165, 1.54) is 11.6 Å². The van der Waals surface area contributed by atoms with Crippen LogP contribution in [0.3, 0.4) is 0 Å². The van der Waals surface area contributed by atoms with Crippen molar-refractivity contribution >= 4 is 34.9 Å². The van der Waals surface area contributed by atoms with Gasteiger partial charge in [-0.15, -0.1) is 5.10 Å². The molecule has 126 valence electrons. The lowest BCUT2D eigenvalue weighted by atomic mass is 10.2. The van der Waals surface area contributed by atoms with E-state index in [1.807, 2.05) is 12.1 Å². The molecule has 3 rings (SSSR count). The first-order valence-corrected chi connectivity index (χ1v) is 8.46. The molecule has 6 nitrogen and oxygen atoms in total. The summed E-state index contributed by atoms with van der Waals surface area (Å²) >= 11 is 7.35. The van der Waals surface area contributed by atoms with E-state index >= 15 is 0 Å². The normalized spacial score (nSPS) is 12.0. The number of halogens is 1. The summed E-state index contributed by atoms with van der Waals surface area (Å²) in [6.45, 7) is 1.44. The topological polar surface area (TPSA) is 79.8 Å². The maximum Gasteiger partial charge on any atom is 0.233 e. The zero-order valence-electron chi connectivity index (χ0n) is 13.1. The van der Waals surface area contributed by atoms with Crippen molar-refractivity contribution < 1.29 is 9.90 Å². The van der Waals surface area contributed by atoms with E-state index in [0.29, 0.717) is 20.5 Å². The number of carbonyl (C=O) groups excluding carboxylic acids is 1. The Morgan fingerprint density at radius 1 is 1.24 bits per heavy atom. The average Bonchev–Trinajstić information content (AvgIpc) is 3.01. The van der Waals surface area contributed by atoms with Crippen LogP contribution in [0.5, 0.6) is 5.75 Å². The number of phenols is 1. The van der Waals surface area contributed by atoms with Gasteiger partial charge >= 0.3 is 0 Å². The van der Waals surface area contributed by atoms with Gasteiger partial charge in [0.15, 0.2) is 10.8 Å². The molecule has 8 heteroatoms. The Bertz CT molecular complexity index is 1010. The van der Waals surface area contributed by atoms with Gasteiger partial charge in [-0.1, -0.05) is 35.1 Å². The Labute approximate surface area is 152 Å². The Hall–Kier alpha value is -2.77. The van der Waals surface area contributed by atoms with Gasteiger partial charge < -0.3 is 5.11 Å². The Kier molecular flexibility index (Phi) is 5.06. The largest absolute Gasteiger partial charge is 0.508 e. The van der Waals surface area contributed by atoms with Gasteiger partial charge in [-0.05, 0) is 42.0 Å². The van der Waals surface area contributed by atoms with Gasteiger partial charge in [-0.2, -0.15) is 10.2 Å². The highest BCUT2D eigenvalue weighted by Gasteiger charge is 2.12. The number of Topliss-reactive ketones (excluding diaryl/α,β-unsaturated/α-hetero) is 1. The molecule has 0 aliphatic heterocycles. The summed E-state index contributed by atoms with van der Waals surface area (Å²) < 4.78 is 1.50. The van der Waals surface area contributed by atoms with Gasteiger partial charge in [-0.3, -0.25) is 4.79 Å². The Balaban J connectivity index is 2.04. The van der Waals surface area contributed by atoms with Gasteiger partial charge in [0.1, 0.15) is 5.75 Å². The van der Waals surface area contributed by atoms with Crippen molar-refractivity contribution in [3.8, 4) is 11.4 Å². The van der Waals surface area contributed by atoms with Crippen LogP contribution in [-0.4, -0.2) is 26.9 Å². The minimum absolute atomic E-state index is 0.158. The van der Waals surface area contributed by atoms with E-state index in [9.17, 15) is 9.90 Å². The van der Waals surface area contributed by atoms with Crippen LogP contribution >= 0.6 is 22.9 Å². The van der Waals surface area contributed by atoms with Crippen molar-refractivity contribution in [2.45, 2.75) is 6.92 Å². The SMILES string of the molecule is CC(=O)c1nn(-c2ccccc2Cl)/c(=N/N=C/c2ccc(O)cc2)s1.